The molecule has 0 saturated carbocycles. The normalized spacial score (nSPS) is 16.6. The molecule has 0 spiro atoms. The molecule has 1 saturated heterocycles. The van der Waals surface area contributed by atoms with Gasteiger partial charge in [0.15, 0.2) is 5.82 Å². The summed E-state index contributed by atoms with van der Waals surface area (Å²) in [5.74, 6) is 1.49. The van der Waals surface area contributed by atoms with Crippen molar-refractivity contribution in [2.75, 3.05) is 26.2 Å². The molecule has 1 fully saturated rings. The number of nitrogens with two attached hydrogens (primary N) is 1. The summed E-state index contributed by atoms with van der Waals surface area (Å²) in [5, 5.41) is 3.96. The second kappa shape index (κ2) is 11.4. The Bertz CT molecular complexity index is 720. The molecule has 28 heavy (non-hydrogen) atoms. The summed E-state index contributed by atoms with van der Waals surface area (Å²) >= 11 is 0. The van der Waals surface area contributed by atoms with Gasteiger partial charge >= 0.3 is 0 Å². The molecular weight excluding hydrogens is 401 g/mol. The standard InChI is InChI=1S/C19H27N5O2.2ClH/c1-3-17-21-19(26-22-17)14(2)23-9-11-24(12-10-23)18(25)13-16(20)15-7-5-4-6-8-15;;/h4-8,14,16H,3,9-13,20H2,1-2H3;2*1H. The van der Waals surface area contributed by atoms with E-state index >= 15 is 0 Å². The molecule has 2 N–H and O–H groups in total. The zero-order chi connectivity index (χ0) is 18.5. The Morgan fingerprint density at radius 2 is 1.82 bits per heavy atom. The minimum Gasteiger partial charge on any atom is -0.340 e. The van der Waals surface area contributed by atoms with E-state index in [0.717, 1.165) is 30.9 Å². The maximum atomic E-state index is 12.6. The van der Waals surface area contributed by atoms with Gasteiger partial charge in [0.05, 0.1) is 6.04 Å². The van der Waals surface area contributed by atoms with Gasteiger partial charge in [-0.2, -0.15) is 4.98 Å². The van der Waals surface area contributed by atoms with Crippen molar-refractivity contribution in [1.29, 1.82) is 0 Å². The van der Waals surface area contributed by atoms with Crippen molar-refractivity contribution >= 4 is 30.7 Å². The first-order valence-electron chi connectivity index (χ1n) is 9.23. The molecule has 1 aliphatic heterocycles. The zero-order valence-electron chi connectivity index (χ0n) is 16.3. The number of rotatable bonds is 6. The summed E-state index contributed by atoms with van der Waals surface area (Å²) in [6.07, 6.45) is 1.10. The van der Waals surface area contributed by atoms with Crippen LogP contribution < -0.4 is 5.73 Å². The molecule has 9 heteroatoms. The highest BCUT2D eigenvalue weighted by Crippen LogP contribution is 2.21. The number of nitrogens with zero attached hydrogens (tertiary/aromatic N) is 4. The number of aryl methyl sites for hydroxylation is 1. The van der Waals surface area contributed by atoms with E-state index in [9.17, 15) is 4.79 Å². The number of hydrogen-bond donors (Lipinski definition) is 1. The molecule has 2 atom stereocenters. The van der Waals surface area contributed by atoms with Crippen LogP contribution in [-0.4, -0.2) is 52.0 Å². The maximum absolute atomic E-state index is 12.6. The van der Waals surface area contributed by atoms with E-state index in [1.165, 1.54) is 0 Å². The van der Waals surface area contributed by atoms with Crippen LogP contribution in [0.15, 0.2) is 34.9 Å². The SMILES string of the molecule is CCc1noc(C(C)N2CCN(C(=O)CC(N)c3ccccc3)CC2)n1.Cl.Cl. The van der Waals surface area contributed by atoms with E-state index in [1.807, 2.05) is 42.2 Å². The van der Waals surface area contributed by atoms with Crippen molar-refractivity contribution in [3.63, 3.8) is 0 Å². The van der Waals surface area contributed by atoms with Crippen LogP contribution in [0.3, 0.4) is 0 Å². The maximum Gasteiger partial charge on any atom is 0.243 e. The molecule has 2 unspecified atom stereocenters. The van der Waals surface area contributed by atoms with Gasteiger partial charge in [0, 0.05) is 45.1 Å². The van der Waals surface area contributed by atoms with Gasteiger partial charge in [0.25, 0.3) is 0 Å². The van der Waals surface area contributed by atoms with Crippen LogP contribution in [0.5, 0.6) is 0 Å². The highest BCUT2D eigenvalue weighted by molar-refractivity contribution is 5.85. The molecule has 1 aromatic carbocycles. The van der Waals surface area contributed by atoms with Gasteiger partial charge in [-0.1, -0.05) is 42.4 Å². The predicted octanol–water partition coefficient (Wildman–Crippen LogP) is 2.77. The van der Waals surface area contributed by atoms with E-state index in [2.05, 4.69) is 22.0 Å². The molecule has 7 nitrogen and oxygen atoms in total. The fraction of sp³-hybridized carbons (Fsp3) is 0.526. The molecular formula is C19H29Cl2N5O2. The summed E-state index contributed by atoms with van der Waals surface area (Å²) in [7, 11) is 0. The van der Waals surface area contributed by atoms with Crippen molar-refractivity contribution < 1.29 is 9.32 Å². The third-order valence-corrected chi connectivity index (χ3v) is 4.99. The van der Waals surface area contributed by atoms with E-state index < -0.39 is 0 Å². The average molecular weight is 430 g/mol. The van der Waals surface area contributed by atoms with Crippen LogP contribution in [0.4, 0.5) is 0 Å². The van der Waals surface area contributed by atoms with Gasteiger partial charge in [0.2, 0.25) is 11.8 Å². The van der Waals surface area contributed by atoms with Crippen molar-refractivity contribution in [2.24, 2.45) is 5.73 Å². The minimum atomic E-state index is -0.258. The van der Waals surface area contributed by atoms with Crippen molar-refractivity contribution in [2.45, 2.75) is 38.8 Å². The molecule has 2 aromatic rings. The number of piperazine rings is 1. The molecule has 3 rings (SSSR count). The first-order valence-corrected chi connectivity index (χ1v) is 9.23. The van der Waals surface area contributed by atoms with Gasteiger partial charge in [-0.15, -0.1) is 24.8 Å². The molecule has 1 amide bonds. The number of hydrogen-bond acceptors (Lipinski definition) is 6. The fourth-order valence-electron chi connectivity index (χ4n) is 3.23. The van der Waals surface area contributed by atoms with E-state index in [0.29, 0.717) is 25.4 Å². The van der Waals surface area contributed by atoms with Crippen molar-refractivity contribution in [3.05, 3.63) is 47.6 Å². The van der Waals surface area contributed by atoms with Crippen LogP contribution >= 0.6 is 24.8 Å². The lowest BCUT2D eigenvalue weighted by molar-refractivity contribution is -0.133. The number of amides is 1. The highest BCUT2D eigenvalue weighted by Gasteiger charge is 2.28. The summed E-state index contributed by atoms with van der Waals surface area (Å²) in [5.41, 5.74) is 7.18. The van der Waals surface area contributed by atoms with Crippen LogP contribution in [-0.2, 0) is 11.2 Å². The van der Waals surface area contributed by atoms with Crippen molar-refractivity contribution in [3.8, 4) is 0 Å². The van der Waals surface area contributed by atoms with Gasteiger partial charge < -0.3 is 15.2 Å². The summed E-state index contributed by atoms with van der Waals surface area (Å²) < 4.78 is 5.35. The molecule has 0 aliphatic carbocycles. The fourth-order valence-corrected chi connectivity index (χ4v) is 3.23. The van der Waals surface area contributed by atoms with E-state index in [1.54, 1.807) is 0 Å². The Labute approximate surface area is 178 Å². The lowest BCUT2D eigenvalue weighted by Gasteiger charge is -2.37. The minimum absolute atomic E-state index is 0. The van der Waals surface area contributed by atoms with Crippen molar-refractivity contribution in [1.82, 2.24) is 19.9 Å². The molecule has 156 valence electrons. The number of benzene rings is 1. The Hall–Kier alpha value is -1.67. The first kappa shape index (κ1) is 24.4. The lowest BCUT2D eigenvalue weighted by atomic mass is 10.0. The number of aromatic nitrogens is 2. The lowest BCUT2D eigenvalue weighted by Crippen LogP contribution is -2.49. The zero-order valence-corrected chi connectivity index (χ0v) is 17.9. The summed E-state index contributed by atoms with van der Waals surface area (Å²) in [6.45, 7) is 7.03. The topological polar surface area (TPSA) is 88.5 Å². The van der Waals surface area contributed by atoms with E-state index in [-0.39, 0.29) is 42.8 Å². The average Bonchev–Trinajstić information content (AvgIpc) is 3.17. The highest BCUT2D eigenvalue weighted by atomic mass is 35.5. The second-order valence-corrected chi connectivity index (χ2v) is 6.72. The molecule has 0 bridgehead atoms. The molecule has 1 aliphatic rings. The summed E-state index contributed by atoms with van der Waals surface area (Å²) in [4.78, 5) is 21.1. The smallest absolute Gasteiger partial charge is 0.243 e. The van der Waals surface area contributed by atoms with Crippen LogP contribution in [0, 0.1) is 0 Å². The Balaban J connectivity index is 0.00000196. The Morgan fingerprint density at radius 1 is 1.18 bits per heavy atom. The Kier molecular flexibility index (Phi) is 9.89. The van der Waals surface area contributed by atoms with E-state index in [4.69, 9.17) is 10.3 Å². The van der Waals surface area contributed by atoms with Gasteiger partial charge in [-0.25, -0.2) is 0 Å². The first-order chi connectivity index (χ1) is 12.6. The number of halogens is 2. The third-order valence-electron chi connectivity index (χ3n) is 4.99. The monoisotopic (exact) mass is 429 g/mol. The van der Waals surface area contributed by atoms with Crippen LogP contribution in [0.2, 0.25) is 0 Å². The van der Waals surface area contributed by atoms with Gasteiger partial charge in [0.1, 0.15) is 0 Å². The van der Waals surface area contributed by atoms with Crippen LogP contribution in [0.25, 0.3) is 0 Å². The van der Waals surface area contributed by atoms with Gasteiger partial charge in [-0.05, 0) is 12.5 Å². The molecule has 1 aromatic heterocycles. The predicted molar refractivity (Wildman–Crippen MR) is 113 cm³/mol. The van der Waals surface area contributed by atoms with Crippen LogP contribution in [0.1, 0.15) is 49.6 Å². The summed E-state index contributed by atoms with van der Waals surface area (Å²) in [6, 6.07) is 9.57. The molecule has 2 heterocycles. The second-order valence-electron chi connectivity index (χ2n) is 6.72. The number of carbonyl (C=O) groups is 1. The number of carbonyl (C=O) groups excluding carboxylic acids is 1. The molecule has 0 radical (unpaired) electrons. The largest absolute Gasteiger partial charge is 0.340 e. The Morgan fingerprint density at radius 3 is 2.39 bits per heavy atom. The van der Waals surface area contributed by atoms with Gasteiger partial charge in [-0.3, -0.25) is 9.69 Å². The quantitative estimate of drug-likeness (QED) is 0.758. The third kappa shape index (κ3) is 5.91.